The van der Waals surface area contributed by atoms with Crippen molar-refractivity contribution in [1.82, 2.24) is 25.8 Å². The molecule has 18 heteroatoms. The number of likely N-dealkylation sites (tertiary alicyclic amines) is 1. The Hall–Kier alpha value is -6.24. The number of aromatic nitrogens is 1. The number of nitrogens with one attached hydrogen (secondary N) is 3. The van der Waals surface area contributed by atoms with E-state index in [4.69, 9.17) is 16.2 Å². The fourth-order valence-corrected chi connectivity index (χ4v) is 10.8. The lowest BCUT2D eigenvalue weighted by Gasteiger charge is -2.35. The molecule has 3 aromatic carbocycles. The third-order valence-electron chi connectivity index (χ3n) is 13.9. The first-order chi connectivity index (χ1) is 34.2. The van der Waals surface area contributed by atoms with Gasteiger partial charge in [0, 0.05) is 32.2 Å². The minimum atomic E-state index is -0.972. The number of benzene rings is 3. The molecule has 1 fully saturated rings. The van der Waals surface area contributed by atoms with Gasteiger partial charge < -0.3 is 42.2 Å². The molecule has 72 heavy (non-hydrogen) atoms. The number of β-amino-alcohol motifs (C(OH)–C–C–N with tert-alkyl or cyclic N) is 1. The van der Waals surface area contributed by atoms with E-state index in [1.807, 2.05) is 84.0 Å². The maximum absolute atomic E-state index is 16.1. The molecule has 4 aromatic rings. The predicted octanol–water partition coefficient (Wildman–Crippen LogP) is 5.40. The Morgan fingerprint density at radius 1 is 0.958 bits per heavy atom. The average Bonchev–Trinajstić information content (AvgIpc) is 4.05. The number of amides is 6. The van der Waals surface area contributed by atoms with Crippen LogP contribution in [-0.2, 0) is 48.0 Å². The number of aliphatic hydroxyl groups excluding tert-OH is 1. The average molecular weight is 1010 g/mol. The van der Waals surface area contributed by atoms with Gasteiger partial charge in [0.25, 0.3) is 0 Å². The Bertz CT molecular complexity index is 2650. The van der Waals surface area contributed by atoms with Crippen molar-refractivity contribution in [3.8, 4) is 16.2 Å². The molecule has 6 amide bonds. The fourth-order valence-electron chi connectivity index (χ4n) is 9.99. The summed E-state index contributed by atoms with van der Waals surface area (Å²) >= 11 is 1.56. The number of carbonyl (C=O) groups excluding carboxylic acids is 6. The van der Waals surface area contributed by atoms with Gasteiger partial charge in [-0.15, -0.1) is 11.3 Å². The zero-order valence-electron chi connectivity index (χ0n) is 42.1. The molecule has 1 saturated heterocycles. The number of rotatable bonds is 20. The molecule has 0 radical (unpaired) electrons. The van der Waals surface area contributed by atoms with Gasteiger partial charge in [-0.05, 0) is 104 Å². The van der Waals surface area contributed by atoms with E-state index in [0.717, 1.165) is 44.1 Å². The number of primary amides is 1. The number of hydrogen-bond acceptors (Lipinski definition) is 11. The Labute approximate surface area is 424 Å². The van der Waals surface area contributed by atoms with Crippen molar-refractivity contribution in [3.05, 3.63) is 99.4 Å². The van der Waals surface area contributed by atoms with Crippen LogP contribution in [0.25, 0.3) is 10.4 Å². The minimum Gasteiger partial charge on any atom is -0.488 e. The van der Waals surface area contributed by atoms with Crippen LogP contribution in [0.3, 0.4) is 0 Å². The third kappa shape index (κ3) is 12.7. The van der Waals surface area contributed by atoms with Gasteiger partial charge in [0.15, 0.2) is 11.6 Å². The number of aliphatic hydroxyl groups is 1. The molecular formula is C54H69FN8O8S. The maximum atomic E-state index is 16.1. The summed E-state index contributed by atoms with van der Waals surface area (Å²) in [5, 5.41) is 19.6. The summed E-state index contributed by atoms with van der Waals surface area (Å²) in [5.74, 6) is -3.09. The Balaban J connectivity index is 0.901. The zero-order valence-corrected chi connectivity index (χ0v) is 42.9. The summed E-state index contributed by atoms with van der Waals surface area (Å²) in [4.78, 5) is 88.8. The Morgan fingerprint density at radius 2 is 1.68 bits per heavy atom. The number of nitrogens with zero attached hydrogens (tertiary/aromatic N) is 3. The highest BCUT2D eigenvalue weighted by atomic mass is 32.1. The first-order valence-electron chi connectivity index (χ1n) is 25.0. The lowest BCUT2D eigenvalue weighted by atomic mass is 9.85. The highest BCUT2D eigenvalue weighted by Crippen LogP contribution is 2.39. The van der Waals surface area contributed by atoms with Gasteiger partial charge in [-0.3, -0.25) is 33.7 Å². The molecule has 0 unspecified atom stereocenters. The summed E-state index contributed by atoms with van der Waals surface area (Å²) in [6, 6.07) is 12.3. The molecule has 16 nitrogen and oxygen atoms in total. The van der Waals surface area contributed by atoms with Gasteiger partial charge in [-0.1, -0.05) is 75.7 Å². The molecule has 0 aliphatic carbocycles. The number of carbonyl (C=O) groups is 6. The van der Waals surface area contributed by atoms with Gasteiger partial charge >= 0.3 is 0 Å². The molecule has 0 bridgehead atoms. The third-order valence-corrected chi connectivity index (χ3v) is 14.9. The normalized spacial score (nSPS) is 19.8. The van der Waals surface area contributed by atoms with Crippen LogP contribution in [0, 0.1) is 25.1 Å². The van der Waals surface area contributed by atoms with Crippen molar-refractivity contribution >= 4 is 52.5 Å². The van der Waals surface area contributed by atoms with E-state index in [9.17, 15) is 33.9 Å². The van der Waals surface area contributed by atoms with Crippen LogP contribution < -0.4 is 37.1 Å². The largest absolute Gasteiger partial charge is 0.488 e. The van der Waals surface area contributed by atoms with E-state index in [2.05, 4.69) is 20.9 Å². The van der Waals surface area contributed by atoms with Crippen molar-refractivity contribution in [2.45, 2.75) is 155 Å². The minimum absolute atomic E-state index is 0.0140. The fraction of sp³-hybridized carbons (Fsp3) is 0.500. The molecule has 0 spiro atoms. The number of hydrogen-bond donors (Lipinski definition) is 6. The molecule has 3 aliphatic heterocycles. The van der Waals surface area contributed by atoms with Crippen molar-refractivity contribution in [1.29, 1.82) is 0 Å². The zero-order chi connectivity index (χ0) is 52.0. The number of unbranched alkanes of at least 4 members (excludes halogenated alkanes) is 2. The SMILES string of the molecule is Cc1cc(CCCCCC(=O)N[C@H](C(=O)N2C[C@H](O)C[C@H]2C(=O)N[C@@H](C)c2ccc(-c3scnc3C)cc2)C(C)(C)C)c(F)c(OC[C@H](CCC(N)=O)NC(=O)[C@@H]2Cc3cccc4c3N2C(=O)[C@@H](N)CC4)c1. The standard InChI is InChI=1S/C54H69FN8O8S/c1-30-23-36(46(55)43(24-30)71-28-38(20-22-44(57)65)60-51(68)42-25-37-13-10-12-34-19-21-40(56)52(69)63(42)47(34)37)11-8-7-9-14-45(66)61-49(54(4,5)6)53(70)62-27-39(64)26-41(62)50(67)59-31(2)33-15-17-35(18-16-33)48-32(3)58-29-72-48/h10,12-13,15-18,23-24,29,31,38-42,49,64H,7-9,11,14,19-22,25-28,56H2,1-6H3,(H2,57,65)(H,59,67)(H,60,68)(H,61,66)/t31-,38-,39+,40-,41-,42-,49+/m0/s1. The number of para-hydroxylation sites is 1. The molecule has 7 atom stereocenters. The van der Waals surface area contributed by atoms with Gasteiger partial charge in [0.05, 0.1) is 46.0 Å². The molecule has 0 saturated carbocycles. The topological polar surface area (TPSA) is 239 Å². The second kappa shape index (κ2) is 23.1. The van der Waals surface area contributed by atoms with E-state index in [1.54, 1.807) is 29.0 Å². The van der Waals surface area contributed by atoms with E-state index < -0.39 is 71.2 Å². The van der Waals surface area contributed by atoms with E-state index in [-0.39, 0.29) is 62.4 Å². The van der Waals surface area contributed by atoms with Gasteiger partial charge in [-0.25, -0.2) is 9.37 Å². The smallest absolute Gasteiger partial charge is 0.246 e. The number of aryl methyl sites for hydroxylation is 4. The quantitative estimate of drug-likeness (QED) is 0.0617. The van der Waals surface area contributed by atoms with Crippen molar-refractivity contribution in [2.24, 2.45) is 16.9 Å². The second-order valence-electron chi connectivity index (χ2n) is 20.7. The monoisotopic (exact) mass is 1010 g/mol. The molecular weight excluding hydrogens is 940 g/mol. The molecule has 7 rings (SSSR count). The van der Waals surface area contributed by atoms with Gasteiger partial charge in [0.2, 0.25) is 35.4 Å². The van der Waals surface area contributed by atoms with Gasteiger partial charge in [-0.2, -0.15) is 0 Å². The van der Waals surface area contributed by atoms with Crippen LogP contribution in [0.2, 0.25) is 0 Å². The number of ether oxygens (including phenoxy) is 1. The molecule has 1 aromatic heterocycles. The maximum Gasteiger partial charge on any atom is 0.246 e. The summed E-state index contributed by atoms with van der Waals surface area (Å²) in [6.45, 7) is 10.9. The number of halogens is 1. The molecule has 386 valence electrons. The Morgan fingerprint density at radius 3 is 2.38 bits per heavy atom. The van der Waals surface area contributed by atoms with E-state index in [1.165, 1.54) is 9.80 Å². The Kier molecular flexibility index (Phi) is 17.2. The first-order valence-corrected chi connectivity index (χ1v) is 25.9. The predicted molar refractivity (Wildman–Crippen MR) is 273 cm³/mol. The van der Waals surface area contributed by atoms with Crippen LogP contribution in [0.1, 0.15) is 119 Å². The molecule has 3 aliphatic rings. The summed E-state index contributed by atoms with van der Waals surface area (Å²) in [7, 11) is 0. The lowest BCUT2D eigenvalue weighted by molar-refractivity contribution is -0.144. The highest BCUT2D eigenvalue weighted by Gasteiger charge is 2.46. The first kappa shape index (κ1) is 53.6. The van der Waals surface area contributed by atoms with Crippen molar-refractivity contribution in [3.63, 3.8) is 0 Å². The number of nitrogens with two attached hydrogens (primary N) is 2. The van der Waals surface area contributed by atoms with Crippen LogP contribution in [0.15, 0.2) is 60.1 Å². The van der Waals surface area contributed by atoms with Crippen LogP contribution in [0.5, 0.6) is 5.75 Å². The number of thiazole rings is 1. The van der Waals surface area contributed by atoms with Crippen LogP contribution >= 0.6 is 11.3 Å². The van der Waals surface area contributed by atoms with Crippen LogP contribution in [0.4, 0.5) is 10.1 Å². The molecule has 8 N–H and O–H groups in total. The highest BCUT2D eigenvalue weighted by molar-refractivity contribution is 7.13. The second-order valence-corrected chi connectivity index (χ2v) is 21.6. The van der Waals surface area contributed by atoms with Gasteiger partial charge in [0.1, 0.15) is 24.7 Å². The summed E-state index contributed by atoms with van der Waals surface area (Å²) < 4.78 is 22.1. The lowest BCUT2D eigenvalue weighted by Crippen LogP contribution is -2.57. The van der Waals surface area contributed by atoms with E-state index in [0.29, 0.717) is 50.5 Å². The summed E-state index contributed by atoms with van der Waals surface area (Å²) in [6.07, 6.45) is 2.66. The number of anilines is 1. The van der Waals surface area contributed by atoms with E-state index >= 15 is 4.39 Å². The summed E-state index contributed by atoms with van der Waals surface area (Å²) in [5.41, 5.74) is 19.4. The van der Waals surface area contributed by atoms with Crippen molar-refractivity contribution < 1.29 is 43.0 Å². The molecule has 4 heterocycles. The van der Waals surface area contributed by atoms with Crippen molar-refractivity contribution in [2.75, 3.05) is 18.1 Å². The van der Waals surface area contributed by atoms with Crippen LogP contribution in [-0.4, -0.2) is 99.9 Å².